The maximum absolute atomic E-state index is 11.6. The Hall–Kier alpha value is -2.69. The zero-order valence-corrected chi connectivity index (χ0v) is 20.8. The number of hydrogen-bond acceptors (Lipinski definition) is 10. The highest BCUT2D eigenvalue weighted by Gasteiger charge is 2.24. The van der Waals surface area contributed by atoms with Crippen LogP contribution >= 0.6 is 0 Å². The molecule has 2 unspecified atom stereocenters. The van der Waals surface area contributed by atoms with Gasteiger partial charge in [-0.25, -0.2) is 0 Å². The Morgan fingerprint density at radius 2 is 1.06 bits per heavy atom. The van der Waals surface area contributed by atoms with Crippen LogP contribution in [0.3, 0.4) is 0 Å². The summed E-state index contributed by atoms with van der Waals surface area (Å²) in [6.07, 6.45) is 1.02. The summed E-state index contributed by atoms with van der Waals surface area (Å²) < 4.78 is 26.4. The number of ether oxygens (including phenoxy) is 5. The van der Waals surface area contributed by atoms with Gasteiger partial charge in [-0.2, -0.15) is 0 Å². The van der Waals surface area contributed by atoms with Crippen molar-refractivity contribution in [3.63, 3.8) is 0 Å². The second kappa shape index (κ2) is 17.7. The molecule has 11 heteroatoms. The molecule has 11 nitrogen and oxygen atoms in total. The highest BCUT2D eigenvalue weighted by molar-refractivity contribution is 5.73. The van der Waals surface area contributed by atoms with Crippen LogP contribution in [0, 0.1) is 0 Å². The van der Waals surface area contributed by atoms with E-state index in [1.165, 1.54) is 34.8 Å². The molecule has 0 spiro atoms. The summed E-state index contributed by atoms with van der Waals surface area (Å²) in [7, 11) is 1.48. The van der Waals surface area contributed by atoms with Crippen molar-refractivity contribution in [2.45, 2.75) is 103 Å². The van der Waals surface area contributed by atoms with Crippen molar-refractivity contribution in [3.05, 3.63) is 0 Å². The van der Waals surface area contributed by atoms with Crippen molar-refractivity contribution in [1.82, 2.24) is 0 Å². The minimum Gasteiger partial charge on any atom is -0.463 e. The highest BCUT2D eigenvalue weighted by atomic mass is 16.6. The van der Waals surface area contributed by atoms with Crippen molar-refractivity contribution in [1.29, 1.82) is 0 Å². The molecule has 0 bridgehead atoms. The highest BCUT2D eigenvalue weighted by Crippen LogP contribution is 2.21. The molecule has 0 aliphatic heterocycles. The molecule has 0 aromatic rings. The third kappa shape index (κ3) is 17.8. The normalized spacial score (nSPS) is 14.3. The Balaban J connectivity index is 5.03. The molecule has 0 aliphatic rings. The minimum atomic E-state index is -0.535. The number of amides is 1. The smallest absolute Gasteiger partial charge is 0.302 e. The molecule has 0 saturated carbocycles. The molecule has 34 heavy (non-hydrogen) atoms. The molecule has 0 rings (SSSR count). The van der Waals surface area contributed by atoms with E-state index in [4.69, 9.17) is 29.4 Å². The summed E-state index contributed by atoms with van der Waals surface area (Å²) in [5.41, 5.74) is 5.17. The number of hydrogen-bond donors (Lipinski definition) is 1. The van der Waals surface area contributed by atoms with E-state index in [9.17, 15) is 24.0 Å². The van der Waals surface area contributed by atoms with Gasteiger partial charge in [-0.3, -0.25) is 24.0 Å². The molecule has 4 atom stereocenters. The Kier molecular flexibility index (Phi) is 16.3. The van der Waals surface area contributed by atoms with E-state index < -0.39 is 54.2 Å². The van der Waals surface area contributed by atoms with Crippen molar-refractivity contribution in [2.24, 2.45) is 5.73 Å². The van der Waals surface area contributed by atoms with E-state index in [0.717, 1.165) is 0 Å². The SMILES string of the molecule is CO[C@@H](COC(C)=O)C[C@H](CCCC(CC(CCCC(N)=O)OC(C)=O)OC(C)=O)OC(C)=O. The van der Waals surface area contributed by atoms with Gasteiger partial charge in [-0.15, -0.1) is 0 Å². The van der Waals surface area contributed by atoms with Crippen molar-refractivity contribution in [2.75, 3.05) is 13.7 Å². The van der Waals surface area contributed by atoms with Crippen molar-refractivity contribution < 1.29 is 47.7 Å². The topological polar surface area (TPSA) is 158 Å². The van der Waals surface area contributed by atoms with Crippen LogP contribution in [0.25, 0.3) is 0 Å². The van der Waals surface area contributed by atoms with Gasteiger partial charge in [0.05, 0.1) is 6.10 Å². The Morgan fingerprint density at radius 1 is 0.647 bits per heavy atom. The van der Waals surface area contributed by atoms with Gasteiger partial charge < -0.3 is 29.4 Å². The minimum absolute atomic E-state index is 0.0367. The lowest BCUT2D eigenvalue weighted by Gasteiger charge is -2.25. The van der Waals surface area contributed by atoms with Crippen LogP contribution < -0.4 is 5.73 Å². The molecule has 0 aromatic heterocycles. The van der Waals surface area contributed by atoms with Gasteiger partial charge in [0.15, 0.2) is 0 Å². The molecule has 0 aliphatic carbocycles. The molecule has 0 aromatic carbocycles. The van der Waals surface area contributed by atoms with Gasteiger partial charge in [-0.1, -0.05) is 0 Å². The second-order valence-electron chi connectivity index (χ2n) is 8.12. The fraction of sp³-hybridized carbons (Fsp3) is 0.783. The van der Waals surface area contributed by atoms with Crippen molar-refractivity contribution >= 4 is 29.8 Å². The molecule has 0 fully saturated rings. The first-order valence-corrected chi connectivity index (χ1v) is 11.4. The van der Waals surface area contributed by atoms with Crippen LogP contribution in [0.1, 0.15) is 79.1 Å². The third-order valence-corrected chi connectivity index (χ3v) is 4.86. The van der Waals surface area contributed by atoms with E-state index in [1.54, 1.807) is 0 Å². The summed E-state index contributed by atoms with van der Waals surface area (Å²) in [6, 6.07) is 0. The zero-order chi connectivity index (χ0) is 26.1. The van der Waals surface area contributed by atoms with Crippen LogP contribution in [0.15, 0.2) is 0 Å². The van der Waals surface area contributed by atoms with Crippen LogP contribution in [-0.4, -0.2) is 67.9 Å². The second-order valence-corrected chi connectivity index (χ2v) is 8.12. The lowest BCUT2D eigenvalue weighted by molar-refractivity contribution is -0.153. The van der Waals surface area contributed by atoms with Gasteiger partial charge in [0.1, 0.15) is 24.9 Å². The van der Waals surface area contributed by atoms with E-state index >= 15 is 0 Å². The summed E-state index contributed by atoms with van der Waals surface area (Å²) in [4.78, 5) is 56.7. The van der Waals surface area contributed by atoms with Crippen LogP contribution in [-0.2, 0) is 47.7 Å². The number of primary amides is 1. The Morgan fingerprint density at radius 3 is 1.41 bits per heavy atom. The van der Waals surface area contributed by atoms with E-state index in [-0.39, 0.29) is 19.4 Å². The van der Waals surface area contributed by atoms with Gasteiger partial charge in [0, 0.05) is 54.1 Å². The predicted octanol–water partition coefficient (Wildman–Crippen LogP) is 1.97. The third-order valence-electron chi connectivity index (χ3n) is 4.86. The monoisotopic (exact) mass is 489 g/mol. The number of carbonyl (C=O) groups is 5. The van der Waals surface area contributed by atoms with Crippen LogP contribution in [0.4, 0.5) is 0 Å². The maximum Gasteiger partial charge on any atom is 0.302 e. The number of methoxy groups -OCH3 is 1. The fourth-order valence-corrected chi connectivity index (χ4v) is 3.48. The maximum atomic E-state index is 11.6. The largest absolute Gasteiger partial charge is 0.463 e. The zero-order valence-electron chi connectivity index (χ0n) is 20.8. The molecule has 0 saturated heterocycles. The lowest BCUT2D eigenvalue weighted by Crippen LogP contribution is -2.29. The first-order chi connectivity index (χ1) is 15.9. The standard InChI is InChI=1S/C23H39NO10/c1-15(25)31-14-22(30-5)13-21(34-18(4)28)9-6-8-19(32-16(2)26)12-20(33-17(3)27)10-7-11-23(24)29/h19-22H,6-14H2,1-5H3,(H2,24,29)/t19?,20?,21-,22+/m0/s1. The average molecular weight is 490 g/mol. The van der Waals surface area contributed by atoms with Crippen molar-refractivity contribution in [3.8, 4) is 0 Å². The predicted molar refractivity (Wildman–Crippen MR) is 120 cm³/mol. The van der Waals surface area contributed by atoms with E-state index in [2.05, 4.69) is 0 Å². The average Bonchev–Trinajstić information content (AvgIpc) is 2.68. The number of rotatable bonds is 18. The molecule has 0 heterocycles. The first-order valence-electron chi connectivity index (χ1n) is 11.4. The molecule has 2 N–H and O–H groups in total. The lowest BCUT2D eigenvalue weighted by atomic mass is 9.99. The number of esters is 4. The first kappa shape index (κ1) is 31.3. The molecule has 0 radical (unpaired) electrons. The Labute approximate surface area is 200 Å². The van der Waals surface area contributed by atoms with E-state index in [1.807, 2.05) is 0 Å². The molecule has 1 amide bonds. The van der Waals surface area contributed by atoms with Gasteiger partial charge in [-0.05, 0) is 32.1 Å². The van der Waals surface area contributed by atoms with E-state index in [0.29, 0.717) is 38.5 Å². The molecule has 196 valence electrons. The summed E-state index contributed by atoms with van der Waals surface area (Å²) in [5, 5.41) is 0. The van der Waals surface area contributed by atoms with Crippen LogP contribution in [0.5, 0.6) is 0 Å². The molecular formula is C23H39NO10. The number of nitrogens with two attached hydrogens (primary N) is 1. The summed E-state index contributed by atoms with van der Waals surface area (Å²) >= 11 is 0. The van der Waals surface area contributed by atoms with Gasteiger partial charge in [0.2, 0.25) is 5.91 Å². The Bertz CT molecular complexity index is 666. The quantitative estimate of drug-likeness (QED) is 0.223. The van der Waals surface area contributed by atoms with Gasteiger partial charge >= 0.3 is 23.9 Å². The van der Waals surface area contributed by atoms with Gasteiger partial charge in [0.25, 0.3) is 0 Å². The molecular weight excluding hydrogens is 450 g/mol. The van der Waals surface area contributed by atoms with Crippen LogP contribution in [0.2, 0.25) is 0 Å². The fourth-order valence-electron chi connectivity index (χ4n) is 3.48. The number of carbonyl (C=O) groups excluding carboxylic acids is 5. The summed E-state index contributed by atoms with van der Waals surface area (Å²) in [5.74, 6) is -2.28. The summed E-state index contributed by atoms with van der Waals surface area (Å²) in [6.45, 7) is 5.21.